The van der Waals surface area contributed by atoms with Crippen molar-refractivity contribution in [1.29, 1.82) is 0 Å². The van der Waals surface area contributed by atoms with Gasteiger partial charge in [0.1, 0.15) is 0 Å². The molecule has 1 fully saturated rings. The minimum absolute atomic E-state index is 0.259. The van der Waals surface area contributed by atoms with E-state index < -0.39 is 0 Å². The maximum atomic E-state index is 11.9. The fraction of sp³-hybridized carbons (Fsp3) is 0.267. The summed E-state index contributed by atoms with van der Waals surface area (Å²) in [5, 5.41) is 15.7. The smallest absolute Gasteiger partial charge is 0.250 e. The molecule has 3 rings (SSSR count). The van der Waals surface area contributed by atoms with Crippen molar-refractivity contribution in [3.05, 3.63) is 40.9 Å². The standard InChI is InChI=1S/C15H15ClN4OS/c16-12-4-2-1-3-11(12)7-8-13(21)18-15-20-19-14(22-15)17-9-10-5-6-10/h1-4,7-8,10H,5-6,9H2,(H,17,19)(H,18,20,21). The molecule has 1 amide bonds. The van der Waals surface area contributed by atoms with Gasteiger partial charge in [-0.25, -0.2) is 0 Å². The van der Waals surface area contributed by atoms with Crippen molar-refractivity contribution in [3.8, 4) is 0 Å². The number of carbonyl (C=O) groups excluding carboxylic acids is 1. The number of nitrogens with one attached hydrogen (secondary N) is 2. The van der Waals surface area contributed by atoms with Crippen molar-refractivity contribution in [3.63, 3.8) is 0 Å². The van der Waals surface area contributed by atoms with Gasteiger partial charge in [0, 0.05) is 17.6 Å². The van der Waals surface area contributed by atoms with Gasteiger partial charge in [-0.1, -0.05) is 41.1 Å². The highest BCUT2D eigenvalue weighted by molar-refractivity contribution is 7.19. The molecule has 2 aromatic rings. The molecule has 1 heterocycles. The van der Waals surface area contributed by atoms with Gasteiger partial charge in [-0.3, -0.25) is 10.1 Å². The van der Waals surface area contributed by atoms with Gasteiger partial charge in [0.25, 0.3) is 0 Å². The minimum Gasteiger partial charge on any atom is -0.360 e. The maximum Gasteiger partial charge on any atom is 0.250 e. The van der Waals surface area contributed by atoms with Crippen molar-refractivity contribution in [2.75, 3.05) is 17.2 Å². The van der Waals surface area contributed by atoms with Gasteiger partial charge in [-0.2, -0.15) is 0 Å². The SMILES string of the molecule is O=C(C=Cc1ccccc1Cl)Nc1nnc(NCC2CC2)s1. The first-order chi connectivity index (χ1) is 10.7. The normalized spacial score (nSPS) is 14.2. The van der Waals surface area contributed by atoms with E-state index in [1.807, 2.05) is 18.2 Å². The van der Waals surface area contributed by atoms with E-state index in [4.69, 9.17) is 11.6 Å². The van der Waals surface area contributed by atoms with E-state index in [9.17, 15) is 4.79 Å². The van der Waals surface area contributed by atoms with E-state index in [0.29, 0.717) is 10.2 Å². The van der Waals surface area contributed by atoms with E-state index >= 15 is 0 Å². The molecule has 7 heteroatoms. The molecule has 0 spiro atoms. The van der Waals surface area contributed by atoms with Crippen LogP contribution in [-0.4, -0.2) is 22.6 Å². The molecule has 0 atom stereocenters. The van der Waals surface area contributed by atoms with Crippen molar-refractivity contribution in [2.45, 2.75) is 12.8 Å². The Labute approximate surface area is 137 Å². The van der Waals surface area contributed by atoms with Crippen LogP contribution in [-0.2, 0) is 4.79 Å². The van der Waals surface area contributed by atoms with Crippen LogP contribution in [0.1, 0.15) is 18.4 Å². The lowest BCUT2D eigenvalue weighted by Gasteiger charge is -1.98. The van der Waals surface area contributed by atoms with E-state index in [-0.39, 0.29) is 5.91 Å². The Bertz CT molecular complexity index is 696. The summed E-state index contributed by atoms with van der Waals surface area (Å²) in [6, 6.07) is 7.34. The second kappa shape index (κ2) is 6.89. The molecule has 22 heavy (non-hydrogen) atoms. The van der Waals surface area contributed by atoms with Crippen molar-refractivity contribution >= 4 is 45.2 Å². The summed E-state index contributed by atoms with van der Waals surface area (Å²) in [5.74, 6) is 0.505. The molecular weight excluding hydrogens is 320 g/mol. The van der Waals surface area contributed by atoms with Gasteiger partial charge in [-0.15, -0.1) is 10.2 Å². The Kier molecular flexibility index (Phi) is 4.70. The van der Waals surface area contributed by atoms with E-state index in [1.54, 1.807) is 12.1 Å². The predicted octanol–water partition coefficient (Wildman–Crippen LogP) is 3.67. The first-order valence-corrected chi connectivity index (χ1v) is 8.21. The lowest BCUT2D eigenvalue weighted by atomic mass is 10.2. The molecule has 114 valence electrons. The third-order valence-electron chi connectivity index (χ3n) is 3.21. The largest absolute Gasteiger partial charge is 0.360 e. The third-order valence-corrected chi connectivity index (χ3v) is 4.35. The summed E-state index contributed by atoms with van der Waals surface area (Å²) in [6.07, 6.45) is 5.66. The van der Waals surface area contributed by atoms with Crippen LogP contribution >= 0.6 is 22.9 Å². The molecule has 0 aliphatic heterocycles. The zero-order chi connectivity index (χ0) is 15.4. The zero-order valence-electron chi connectivity index (χ0n) is 11.8. The number of hydrogen-bond acceptors (Lipinski definition) is 5. The number of nitrogens with zero attached hydrogens (tertiary/aromatic N) is 2. The number of carbonyl (C=O) groups is 1. The lowest BCUT2D eigenvalue weighted by Crippen LogP contribution is -2.07. The number of benzene rings is 1. The van der Waals surface area contributed by atoms with Crippen LogP contribution in [0.25, 0.3) is 6.08 Å². The number of halogens is 1. The number of aromatic nitrogens is 2. The van der Waals surface area contributed by atoms with Crippen LogP contribution < -0.4 is 10.6 Å². The van der Waals surface area contributed by atoms with Crippen LogP contribution in [0.5, 0.6) is 0 Å². The first-order valence-electron chi connectivity index (χ1n) is 7.01. The summed E-state index contributed by atoms with van der Waals surface area (Å²) >= 11 is 7.36. The number of rotatable bonds is 6. The molecule has 0 saturated heterocycles. The molecule has 0 bridgehead atoms. The lowest BCUT2D eigenvalue weighted by molar-refractivity contribution is -0.111. The predicted molar refractivity (Wildman–Crippen MR) is 90.2 cm³/mol. The highest BCUT2D eigenvalue weighted by Crippen LogP contribution is 2.29. The Hall–Kier alpha value is -1.92. The molecular formula is C15H15ClN4OS. The average molecular weight is 335 g/mol. The summed E-state index contributed by atoms with van der Waals surface area (Å²) in [6.45, 7) is 0.926. The fourth-order valence-electron chi connectivity index (χ4n) is 1.82. The fourth-order valence-corrected chi connectivity index (χ4v) is 2.67. The summed E-state index contributed by atoms with van der Waals surface area (Å²) in [4.78, 5) is 11.9. The van der Waals surface area contributed by atoms with E-state index in [1.165, 1.54) is 30.3 Å². The molecule has 0 unspecified atom stereocenters. The minimum atomic E-state index is -0.259. The third kappa shape index (κ3) is 4.29. The highest BCUT2D eigenvalue weighted by atomic mass is 35.5. The monoisotopic (exact) mass is 334 g/mol. The van der Waals surface area contributed by atoms with Crippen molar-refractivity contribution in [1.82, 2.24) is 10.2 Å². The Morgan fingerprint density at radius 3 is 2.86 bits per heavy atom. The van der Waals surface area contributed by atoms with Gasteiger partial charge in [-0.05, 0) is 36.5 Å². The van der Waals surface area contributed by atoms with Crippen molar-refractivity contribution < 1.29 is 4.79 Å². The molecule has 1 aromatic carbocycles. The van der Waals surface area contributed by atoms with Gasteiger partial charge >= 0.3 is 0 Å². The van der Waals surface area contributed by atoms with Gasteiger partial charge in [0.05, 0.1) is 0 Å². The van der Waals surface area contributed by atoms with Crippen LogP contribution in [0.3, 0.4) is 0 Å². The Balaban J connectivity index is 1.53. The Morgan fingerprint density at radius 2 is 2.09 bits per heavy atom. The summed E-state index contributed by atoms with van der Waals surface area (Å²) in [7, 11) is 0. The van der Waals surface area contributed by atoms with Crippen LogP contribution in [0.4, 0.5) is 10.3 Å². The van der Waals surface area contributed by atoms with Crippen LogP contribution in [0.15, 0.2) is 30.3 Å². The molecule has 5 nitrogen and oxygen atoms in total. The summed E-state index contributed by atoms with van der Waals surface area (Å²) in [5.41, 5.74) is 0.795. The molecule has 1 saturated carbocycles. The topological polar surface area (TPSA) is 66.9 Å². The average Bonchev–Trinajstić information content (AvgIpc) is 3.24. The highest BCUT2D eigenvalue weighted by Gasteiger charge is 2.21. The molecule has 1 aliphatic carbocycles. The van der Waals surface area contributed by atoms with E-state index in [0.717, 1.165) is 23.2 Å². The van der Waals surface area contributed by atoms with Gasteiger partial charge in [0.15, 0.2) is 0 Å². The number of amides is 1. The Morgan fingerprint density at radius 1 is 1.32 bits per heavy atom. The molecule has 1 aliphatic rings. The van der Waals surface area contributed by atoms with Crippen molar-refractivity contribution in [2.24, 2.45) is 5.92 Å². The first kappa shape index (κ1) is 15.0. The van der Waals surface area contributed by atoms with Gasteiger partial charge in [0.2, 0.25) is 16.2 Å². The number of anilines is 2. The van der Waals surface area contributed by atoms with Crippen LogP contribution in [0.2, 0.25) is 5.02 Å². The second-order valence-electron chi connectivity index (χ2n) is 5.08. The molecule has 1 aromatic heterocycles. The van der Waals surface area contributed by atoms with Crippen LogP contribution in [0, 0.1) is 5.92 Å². The van der Waals surface area contributed by atoms with E-state index in [2.05, 4.69) is 20.8 Å². The second-order valence-corrected chi connectivity index (χ2v) is 6.47. The maximum absolute atomic E-state index is 11.9. The zero-order valence-corrected chi connectivity index (χ0v) is 13.3. The molecule has 2 N–H and O–H groups in total. The number of hydrogen-bond donors (Lipinski definition) is 2. The molecule has 0 radical (unpaired) electrons. The summed E-state index contributed by atoms with van der Waals surface area (Å²) < 4.78 is 0. The quantitative estimate of drug-likeness (QED) is 0.791. The van der Waals surface area contributed by atoms with Gasteiger partial charge < -0.3 is 5.32 Å².